The standard InChI is InChI=1S/C22H36N4O2.HI/c1-5-12-28-21-9-7-6-8-19(21)16-24-22(23-4)25-17-20(15-18(2)3)26-10-13-27-14-11-26;/h5-9,18,20H,1,10-17H2,2-4H3,(H2,23,24,25);1H. The van der Waals surface area contributed by atoms with Crippen LogP contribution < -0.4 is 15.4 Å². The van der Waals surface area contributed by atoms with Gasteiger partial charge in [-0.05, 0) is 18.4 Å². The molecular formula is C22H37IN4O2. The Morgan fingerprint density at radius 3 is 2.66 bits per heavy atom. The average Bonchev–Trinajstić information content (AvgIpc) is 2.72. The number of nitrogens with one attached hydrogen (secondary N) is 2. The van der Waals surface area contributed by atoms with E-state index in [-0.39, 0.29) is 24.0 Å². The average molecular weight is 516 g/mol. The molecule has 0 aliphatic carbocycles. The van der Waals surface area contributed by atoms with Crippen LogP contribution in [0.5, 0.6) is 5.75 Å². The van der Waals surface area contributed by atoms with Gasteiger partial charge in [0.05, 0.1) is 13.2 Å². The minimum absolute atomic E-state index is 0. The maximum atomic E-state index is 5.74. The van der Waals surface area contributed by atoms with Crippen LogP contribution in [0.2, 0.25) is 0 Å². The summed E-state index contributed by atoms with van der Waals surface area (Å²) in [5.41, 5.74) is 1.10. The monoisotopic (exact) mass is 516 g/mol. The van der Waals surface area contributed by atoms with Crippen LogP contribution in [0.4, 0.5) is 0 Å². The van der Waals surface area contributed by atoms with Gasteiger partial charge < -0.3 is 20.1 Å². The van der Waals surface area contributed by atoms with Crippen molar-refractivity contribution in [3.8, 4) is 5.75 Å². The van der Waals surface area contributed by atoms with Crippen LogP contribution >= 0.6 is 24.0 Å². The Labute approximate surface area is 193 Å². The molecule has 1 aliphatic heterocycles. The number of hydrogen-bond donors (Lipinski definition) is 2. The van der Waals surface area contributed by atoms with Crippen LogP contribution in [0.3, 0.4) is 0 Å². The lowest BCUT2D eigenvalue weighted by Gasteiger charge is -2.35. The van der Waals surface area contributed by atoms with E-state index in [4.69, 9.17) is 9.47 Å². The van der Waals surface area contributed by atoms with Crippen molar-refractivity contribution in [1.29, 1.82) is 0 Å². The summed E-state index contributed by atoms with van der Waals surface area (Å²) in [4.78, 5) is 6.92. The van der Waals surface area contributed by atoms with Crippen LogP contribution in [0.1, 0.15) is 25.8 Å². The molecule has 1 aliphatic rings. The van der Waals surface area contributed by atoms with Crippen LogP contribution in [0.25, 0.3) is 0 Å². The fourth-order valence-electron chi connectivity index (χ4n) is 3.40. The summed E-state index contributed by atoms with van der Waals surface area (Å²) in [7, 11) is 1.81. The smallest absolute Gasteiger partial charge is 0.191 e. The second kappa shape index (κ2) is 14.6. The molecule has 1 heterocycles. The van der Waals surface area contributed by atoms with E-state index in [0.717, 1.165) is 56.5 Å². The SMILES string of the molecule is C=CCOc1ccccc1CNC(=NC)NCC(CC(C)C)N1CCOCC1.I. The summed E-state index contributed by atoms with van der Waals surface area (Å²) < 4.78 is 11.2. The van der Waals surface area contributed by atoms with Crippen LogP contribution in [0.15, 0.2) is 41.9 Å². The molecule has 0 saturated carbocycles. The molecule has 0 amide bonds. The number of halogens is 1. The summed E-state index contributed by atoms with van der Waals surface area (Å²) in [5, 5.41) is 6.91. The fraction of sp³-hybridized carbons (Fsp3) is 0.591. The molecule has 1 unspecified atom stereocenters. The van der Waals surface area contributed by atoms with Crippen molar-refractivity contribution in [3.05, 3.63) is 42.5 Å². The van der Waals surface area contributed by atoms with Gasteiger partial charge in [0, 0.05) is 44.8 Å². The van der Waals surface area contributed by atoms with E-state index in [1.165, 1.54) is 0 Å². The van der Waals surface area contributed by atoms with Gasteiger partial charge in [-0.25, -0.2) is 0 Å². The molecule has 1 saturated heterocycles. The van der Waals surface area contributed by atoms with Gasteiger partial charge in [0.2, 0.25) is 0 Å². The van der Waals surface area contributed by atoms with E-state index in [0.29, 0.717) is 25.1 Å². The Hall–Kier alpha value is -1.32. The zero-order valence-electron chi connectivity index (χ0n) is 18.0. The highest BCUT2D eigenvalue weighted by molar-refractivity contribution is 14.0. The van der Waals surface area contributed by atoms with E-state index in [9.17, 15) is 0 Å². The lowest BCUT2D eigenvalue weighted by atomic mass is 10.0. The van der Waals surface area contributed by atoms with Crippen molar-refractivity contribution in [1.82, 2.24) is 15.5 Å². The Morgan fingerprint density at radius 1 is 1.28 bits per heavy atom. The molecule has 1 aromatic rings. The van der Waals surface area contributed by atoms with Crippen molar-refractivity contribution < 1.29 is 9.47 Å². The lowest BCUT2D eigenvalue weighted by molar-refractivity contribution is 0.0132. The third-order valence-corrected chi connectivity index (χ3v) is 4.81. The quantitative estimate of drug-likeness (QED) is 0.217. The molecule has 2 rings (SSSR count). The van der Waals surface area contributed by atoms with Crippen LogP contribution in [-0.4, -0.2) is 63.4 Å². The van der Waals surface area contributed by atoms with Crippen molar-refractivity contribution >= 4 is 29.9 Å². The molecule has 6 nitrogen and oxygen atoms in total. The maximum Gasteiger partial charge on any atom is 0.191 e. The summed E-state index contributed by atoms with van der Waals surface area (Å²) >= 11 is 0. The van der Waals surface area contributed by atoms with E-state index in [1.807, 2.05) is 25.2 Å². The van der Waals surface area contributed by atoms with Crippen LogP contribution in [-0.2, 0) is 11.3 Å². The number of rotatable bonds is 10. The summed E-state index contributed by atoms with van der Waals surface area (Å²) in [6, 6.07) is 8.52. The van der Waals surface area contributed by atoms with E-state index >= 15 is 0 Å². The van der Waals surface area contributed by atoms with Gasteiger partial charge in [0.15, 0.2) is 5.96 Å². The van der Waals surface area contributed by atoms with Gasteiger partial charge in [-0.1, -0.05) is 44.7 Å². The van der Waals surface area contributed by atoms with Gasteiger partial charge in [-0.3, -0.25) is 9.89 Å². The summed E-state index contributed by atoms with van der Waals surface area (Å²) in [5.74, 6) is 2.33. The van der Waals surface area contributed by atoms with E-state index in [2.05, 4.69) is 47.0 Å². The topological polar surface area (TPSA) is 58.1 Å². The zero-order chi connectivity index (χ0) is 20.2. The third kappa shape index (κ3) is 9.35. The Bertz CT molecular complexity index is 619. The number of benzene rings is 1. The molecule has 0 bridgehead atoms. The van der Waals surface area contributed by atoms with Gasteiger partial charge in [-0.15, -0.1) is 24.0 Å². The molecule has 164 valence electrons. The number of ether oxygens (including phenoxy) is 2. The highest BCUT2D eigenvalue weighted by Gasteiger charge is 2.22. The minimum Gasteiger partial charge on any atom is -0.489 e. The van der Waals surface area contributed by atoms with Gasteiger partial charge in [-0.2, -0.15) is 0 Å². The van der Waals surface area contributed by atoms with Crippen molar-refractivity contribution in [2.24, 2.45) is 10.9 Å². The second-order valence-electron chi connectivity index (χ2n) is 7.45. The Balaban J connectivity index is 0.00000420. The maximum absolute atomic E-state index is 5.74. The number of nitrogens with zero attached hydrogens (tertiary/aromatic N) is 2. The highest BCUT2D eigenvalue weighted by Crippen LogP contribution is 2.17. The normalized spacial score (nSPS) is 16.1. The zero-order valence-corrected chi connectivity index (χ0v) is 20.4. The van der Waals surface area contributed by atoms with Crippen LogP contribution in [0, 0.1) is 5.92 Å². The molecular weight excluding hydrogens is 479 g/mol. The Kier molecular flexibility index (Phi) is 13.0. The molecule has 0 radical (unpaired) electrons. The highest BCUT2D eigenvalue weighted by atomic mass is 127. The first-order valence-corrected chi connectivity index (χ1v) is 10.2. The number of hydrogen-bond acceptors (Lipinski definition) is 4. The fourth-order valence-corrected chi connectivity index (χ4v) is 3.40. The number of aliphatic imine (C=N–C) groups is 1. The number of morpholine rings is 1. The first kappa shape index (κ1) is 25.7. The van der Waals surface area contributed by atoms with Gasteiger partial charge >= 0.3 is 0 Å². The molecule has 0 aromatic heterocycles. The molecule has 29 heavy (non-hydrogen) atoms. The molecule has 1 atom stereocenters. The third-order valence-electron chi connectivity index (χ3n) is 4.81. The largest absolute Gasteiger partial charge is 0.489 e. The first-order valence-electron chi connectivity index (χ1n) is 10.2. The lowest BCUT2D eigenvalue weighted by Crippen LogP contribution is -2.51. The predicted molar refractivity (Wildman–Crippen MR) is 131 cm³/mol. The molecule has 2 N–H and O–H groups in total. The van der Waals surface area contributed by atoms with E-state index in [1.54, 1.807) is 6.08 Å². The van der Waals surface area contributed by atoms with Gasteiger partial charge in [0.25, 0.3) is 0 Å². The van der Waals surface area contributed by atoms with E-state index < -0.39 is 0 Å². The summed E-state index contributed by atoms with van der Waals surface area (Å²) in [6.07, 6.45) is 2.91. The second-order valence-corrected chi connectivity index (χ2v) is 7.45. The molecule has 1 fully saturated rings. The molecule has 1 aromatic carbocycles. The predicted octanol–water partition coefficient (Wildman–Crippen LogP) is 3.28. The summed E-state index contributed by atoms with van der Waals surface area (Å²) in [6.45, 7) is 13.9. The number of para-hydroxylation sites is 1. The molecule has 0 spiro atoms. The Morgan fingerprint density at radius 2 is 2.00 bits per heavy atom. The minimum atomic E-state index is 0. The van der Waals surface area contributed by atoms with Crippen molar-refractivity contribution in [3.63, 3.8) is 0 Å². The number of guanidine groups is 1. The molecule has 7 heteroatoms. The van der Waals surface area contributed by atoms with Gasteiger partial charge in [0.1, 0.15) is 12.4 Å². The van der Waals surface area contributed by atoms with Crippen molar-refractivity contribution in [2.45, 2.75) is 32.9 Å². The van der Waals surface area contributed by atoms with Crippen molar-refractivity contribution in [2.75, 3.05) is 46.5 Å². The first-order chi connectivity index (χ1) is 13.6.